The molecule has 1 N–H and O–H groups in total. The first kappa shape index (κ1) is 9.28. The smallest absolute Gasteiger partial charge is 0.424 e. The lowest BCUT2D eigenvalue weighted by Crippen LogP contribution is -2.09. The molecule has 1 aromatic rings. The van der Waals surface area contributed by atoms with E-state index in [0.29, 0.717) is 0 Å². The third kappa shape index (κ3) is 1.87. The van der Waals surface area contributed by atoms with E-state index < -0.39 is 16.4 Å². The Morgan fingerprint density at radius 1 is 1.25 bits per heavy atom. The minimum Gasteiger partial charge on any atom is -0.440 e. The van der Waals surface area contributed by atoms with E-state index in [1.165, 1.54) is 12.1 Å². The van der Waals surface area contributed by atoms with E-state index in [0.717, 1.165) is 5.56 Å². The van der Waals surface area contributed by atoms with Gasteiger partial charge in [-0.2, -0.15) is 0 Å². The van der Waals surface area contributed by atoms with Crippen LogP contribution in [0.3, 0.4) is 0 Å². The molecule has 5 heteroatoms. The molecule has 0 amide bonds. The summed E-state index contributed by atoms with van der Waals surface area (Å²) in [5.74, 6) is 0. The quantitative estimate of drug-likeness (QED) is 0.659. The van der Waals surface area contributed by atoms with Crippen molar-refractivity contribution in [3.63, 3.8) is 0 Å². The zero-order valence-electron chi connectivity index (χ0n) is 6.69. The van der Waals surface area contributed by atoms with E-state index in [-0.39, 0.29) is 4.90 Å². The van der Waals surface area contributed by atoms with Gasteiger partial charge in [0.05, 0.1) is 4.90 Å². The van der Waals surface area contributed by atoms with Gasteiger partial charge in [0.2, 0.25) is 0 Å². The normalized spacial score (nSPS) is 11.2. The Morgan fingerprint density at radius 3 is 2.17 bits per heavy atom. The third-order valence-electron chi connectivity index (χ3n) is 1.55. The van der Waals surface area contributed by atoms with Gasteiger partial charge in [0.1, 0.15) is 0 Å². The summed E-state index contributed by atoms with van der Waals surface area (Å²) in [7, 11) is -3.46. The molecule has 3 nitrogen and oxygen atoms in total. The Labute approximate surface area is 72.1 Å². The molecule has 12 heavy (non-hydrogen) atoms. The molecule has 0 fully saturated rings. The lowest BCUT2D eigenvalue weighted by Gasteiger charge is -1.98. The lowest BCUT2D eigenvalue weighted by atomic mass is 10.2. The molecule has 1 rings (SSSR count). The fourth-order valence-corrected chi connectivity index (χ4v) is 1.52. The number of rotatable bonds is 2. The summed E-state index contributed by atoms with van der Waals surface area (Å²) in [6.45, 7) is 1.03. The van der Waals surface area contributed by atoms with Crippen molar-refractivity contribution in [1.82, 2.24) is 0 Å². The highest BCUT2D eigenvalue weighted by molar-refractivity contribution is 8.14. The average Bonchev–Trinajstić information content (AvgIpc) is 2.05. The van der Waals surface area contributed by atoms with Crippen molar-refractivity contribution >= 4 is 16.4 Å². The summed E-state index contributed by atoms with van der Waals surface area (Å²) < 4.78 is 22.1. The maximum Gasteiger partial charge on any atom is 0.424 e. The molecule has 0 saturated heterocycles. The fourth-order valence-electron chi connectivity index (χ4n) is 0.820. The van der Waals surface area contributed by atoms with E-state index in [1.54, 1.807) is 12.1 Å². The molecule has 0 aliphatic carbocycles. The summed E-state index contributed by atoms with van der Waals surface area (Å²) >= 11 is 0. The van der Waals surface area contributed by atoms with Crippen LogP contribution in [0.25, 0.3) is 0 Å². The molecule has 0 aliphatic heterocycles. The molecule has 0 unspecified atom stereocenters. The number of hydrogen-bond acceptors (Lipinski definition) is 3. The average molecular weight is 184 g/mol. The molecule has 0 radical (unpaired) electrons. The summed E-state index contributed by atoms with van der Waals surface area (Å²) in [6, 6.07) is 6.37. The zero-order chi connectivity index (χ0) is 9.19. The second-order valence-electron chi connectivity index (χ2n) is 2.56. The van der Waals surface area contributed by atoms with E-state index in [4.69, 9.17) is 5.02 Å². The predicted octanol–water partition coefficient (Wildman–Crippen LogP) is 0.0275. The van der Waals surface area contributed by atoms with E-state index in [9.17, 15) is 8.42 Å². The summed E-state index contributed by atoms with van der Waals surface area (Å²) in [5.41, 5.74) is 0.992. The number of aryl methyl sites for hydroxylation is 1. The molecule has 0 atom stereocenters. The lowest BCUT2D eigenvalue weighted by molar-refractivity contribution is 0.583. The number of hydrogen-bond donors (Lipinski definition) is 1. The Bertz CT molecular complexity index is 355. The van der Waals surface area contributed by atoms with Crippen molar-refractivity contribution in [2.45, 2.75) is 11.8 Å². The third-order valence-corrected chi connectivity index (χ3v) is 2.88. The molecule has 1 aromatic carbocycles. The maximum atomic E-state index is 11.1. The van der Waals surface area contributed by atoms with Crippen molar-refractivity contribution in [3.05, 3.63) is 29.8 Å². The maximum absolute atomic E-state index is 11.1. The largest absolute Gasteiger partial charge is 0.440 e. The highest BCUT2D eigenvalue weighted by Gasteiger charge is 2.13. The van der Waals surface area contributed by atoms with E-state index in [1.807, 2.05) is 6.92 Å². The molecular weight excluding hydrogens is 175 g/mol. The van der Waals surface area contributed by atoms with Gasteiger partial charge >= 0.3 is 6.76 Å². The molecule has 0 saturated carbocycles. The van der Waals surface area contributed by atoms with Gasteiger partial charge in [-0.25, -0.2) is 8.42 Å². The second kappa shape index (κ2) is 3.29. The molecule has 0 heterocycles. The van der Waals surface area contributed by atoms with Gasteiger partial charge < -0.3 is 5.02 Å². The topological polar surface area (TPSA) is 54.4 Å². The Hall–Kier alpha value is -0.805. The molecule has 0 bridgehead atoms. The minimum absolute atomic E-state index is 0.163. The van der Waals surface area contributed by atoms with Crippen LogP contribution in [-0.4, -0.2) is 20.2 Å². The van der Waals surface area contributed by atoms with Gasteiger partial charge in [0, 0.05) is 0 Å². The first-order valence-corrected chi connectivity index (χ1v) is 5.12. The molecule has 0 aromatic heterocycles. The number of benzene rings is 1. The van der Waals surface area contributed by atoms with E-state index >= 15 is 0 Å². The van der Waals surface area contributed by atoms with Gasteiger partial charge in [-0.05, 0) is 19.1 Å². The summed E-state index contributed by atoms with van der Waals surface area (Å²) in [5, 5.41) is 8.53. The highest BCUT2D eigenvalue weighted by atomic mass is 32.2. The van der Waals surface area contributed by atoms with Crippen LogP contribution in [0, 0.1) is 6.92 Å². The van der Waals surface area contributed by atoms with Crippen molar-refractivity contribution in [2.75, 3.05) is 0 Å². The monoisotopic (exact) mass is 184 g/mol. The van der Waals surface area contributed by atoms with Crippen LogP contribution in [0.4, 0.5) is 0 Å². The molecule has 0 spiro atoms. The molecule has 64 valence electrons. The summed E-state index contributed by atoms with van der Waals surface area (Å²) in [4.78, 5) is 0.163. The van der Waals surface area contributed by atoms with Crippen LogP contribution >= 0.6 is 0 Å². The Balaban J connectivity index is 3.14. The molecule has 0 aliphatic rings. The summed E-state index contributed by atoms with van der Waals surface area (Å²) in [6.07, 6.45) is 0. The van der Waals surface area contributed by atoms with Crippen molar-refractivity contribution in [2.24, 2.45) is 0 Å². The minimum atomic E-state index is -3.46. The van der Waals surface area contributed by atoms with Crippen molar-refractivity contribution in [3.8, 4) is 0 Å². The fraction of sp³-hybridized carbons (Fsp3) is 0.143. The van der Waals surface area contributed by atoms with Gasteiger partial charge in [0.15, 0.2) is 9.69 Å². The van der Waals surface area contributed by atoms with Gasteiger partial charge in [-0.1, -0.05) is 17.7 Å². The SMILES string of the molecule is Cc1ccc(S(=O)(=O)BO)cc1. The van der Waals surface area contributed by atoms with Crippen LogP contribution in [-0.2, 0) is 9.69 Å². The zero-order valence-corrected chi connectivity index (χ0v) is 7.50. The Morgan fingerprint density at radius 2 is 1.75 bits per heavy atom. The highest BCUT2D eigenvalue weighted by Crippen LogP contribution is 2.09. The first-order chi connectivity index (χ1) is 5.56. The Kier molecular flexibility index (Phi) is 2.54. The van der Waals surface area contributed by atoms with Gasteiger partial charge in [-0.3, -0.25) is 0 Å². The van der Waals surface area contributed by atoms with Crippen molar-refractivity contribution < 1.29 is 13.4 Å². The van der Waals surface area contributed by atoms with Crippen LogP contribution in [0.5, 0.6) is 0 Å². The second-order valence-corrected chi connectivity index (χ2v) is 4.52. The van der Waals surface area contributed by atoms with Crippen molar-refractivity contribution in [1.29, 1.82) is 0 Å². The van der Waals surface area contributed by atoms with Crippen LogP contribution in [0.2, 0.25) is 0 Å². The van der Waals surface area contributed by atoms with Crippen LogP contribution in [0.15, 0.2) is 29.2 Å². The predicted molar refractivity (Wildman–Crippen MR) is 47.7 cm³/mol. The van der Waals surface area contributed by atoms with Crippen LogP contribution in [0.1, 0.15) is 5.56 Å². The van der Waals surface area contributed by atoms with E-state index in [2.05, 4.69) is 0 Å². The van der Waals surface area contributed by atoms with Gasteiger partial charge in [-0.15, -0.1) is 0 Å². The van der Waals surface area contributed by atoms with Crippen LogP contribution < -0.4 is 0 Å². The first-order valence-electron chi connectivity index (χ1n) is 3.46. The standard InChI is InChI=1S/C7H9BO3S/c1-6-2-4-7(5-3-6)12(10,11)8-9/h2-5,8-9H,1H3. The van der Waals surface area contributed by atoms with Gasteiger partial charge in [0.25, 0.3) is 0 Å². The molecular formula is C7H9BO3S.